The highest BCUT2D eigenvalue weighted by Gasteiger charge is 2.13. The molecule has 0 aliphatic carbocycles. The van der Waals surface area contributed by atoms with E-state index in [1.54, 1.807) is 12.1 Å². The minimum atomic E-state index is -0.399. The van der Waals surface area contributed by atoms with Crippen LogP contribution in [0.4, 0.5) is 10.2 Å². The maximum absolute atomic E-state index is 13.8. The molecule has 21 heavy (non-hydrogen) atoms. The maximum atomic E-state index is 13.8. The van der Waals surface area contributed by atoms with E-state index in [4.69, 9.17) is 4.74 Å². The number of hydrogen-bond acceptors (Lipinski definition) is 4. The summed E-state index contributed by atoms with van der Waals surface area (Å²) < 4.78 is 19.5. The van der Waals surface area contributed by atoms with Crippen molar-refractivity contribution >= 4 is 5.82 Å². The molecule has 0 aliphatic rings. The van der Waals surface area contributed by atoms with E-state index in [1.807, 2.05) is 13.8 Å². The van der Waals surface area contributed by atoms with Gasteiger partial charge in [-0.05, 0) is 37.5 Å². The highest BCUT2D eigenvalue weighted by atomic mass is 19.1. The molecule has 1 heterocycles. The van der Waals surface area contributed by atoms with Gasteiger partial charge in [-0.15, -0.1) is 0 Å². The molecule has 1 aromatic carbocycles. The van der Waals surface area contributed by atoms with Crippen LogP contribution in [0, 0.1) is 12.7 Å². The molecule has 4 nitrogen and oxygen atoms in total. The summed E-state index contributed by atoms with van der Waals surface area (Å²) in [4.78, 5) is 8.38. The molecule has 0 aliphatic heterocycles. The van der Waals surface area contributed by atoms with E-state index >= 15 is 0 Å². The maximum Gasteiger partial charge on any atom is 0.227 e. The van der Waals surface area contributed by atoms with Gasteiger partial charge in [0.15, 0.2) is 11.6 Å². The Morgan fingerprint density at radius 3 is 2.76 bits per heavy atom. The molecular weight excluding hydrogens is 269 g/mol. The number of benzene rings is 1. The van der Waals surface area contributed by atoms with Gasteiger partial charge >= 0.3 is 0 Å². The minimum Gasteiger partial charge on any atom is -0.435 e. The third-order valence-corrected chi connectivity index (χ3v) is 3.10. The number of halogens is 1. The summed E-state index contributed by atoms with van der Waals surface area (Å²) in [7, 11) is 0. The predicted molar refractivity (Wildman–Crippen MR) is 81.4 cm³/mol. The molecule has 0 fully saturated rings. The van der Waals surface area contributed by atoms with Gasteiger partial charge in [0.1, 0.15) is 12.1 Å². The number of hydrogen-bond donors (Lipinski definition) is 1. The summed E-state index contributed by atoms with van der Waals surface area (Å²) in [5.41, 5.74) is 1.79. The zero-order valence-electron chi connectivity index (χ0n) is 12.6. The molecule has 0 saturated heterocycles. The standard InChI is InChI=1S/C16H20FN3O/c1-4-8-18-15-12(5-2)16(20-10-19-15)21-14-9-11(3)6-7-13(14)17/h6-7,9-10H,4-5,8H2,1-3H3,(H,18,19,20). The van der Waals surface area contributed by atoms with Crippen molar-refractivity contribution in [3.8, 4) is 11.6 Å². The number of ether oxygens (including phenoxy) is 1. The summed E-state index contributed by atoms with van der Waals surface area (Å²) in [6.07, 6.45) is 3.13. The fraction of sp³-hybridized carbons (Fsp3) is 0.375. The fourth-order valence-electron chi connectivity index (χ4n) is 1.99. The van der Waals surface area contributed by atoms with Crippen molar-refractivity contribution in [1.82, 2.24) is 9.97 Å². The second kappa shape index (κ2) is 7.02. The van der Waals surface area contributed by atoms with Gasteiger partial charge in [0.05, 0.1) is 5.56 Å². The van der Waals surface area contributed by atoms with Crippen LogP contribution in [0.2, 0.25) is 0 Å². The molecule has 112 valence electrons. The smallest absolute Gasteiger partial charge is 0.227 e. The van der Waals surface area contributed by atoms with Crippen LogP contribution in [0.25, 0.3) is 0 Å². The predicted octanol–water partition coefficient (Wildman–Crippen LogP) is 4.10. The van der Waals surface area contributed by atoms with Gasteiger partial charge in [0.25, 0.3) is 0 Å². The van der Waals surface area contributed by atoms with Gasteiger partial charge < -0.3 is 10.1 Å². The van der Waals surface area contributed by atoms with E-state index in [9.17, 15) is 4.39 Å². The van der Waals surface area contributed by atoms with Crippen LogP contribution in [0.5, 0.6) is 11.6 Å². The van der Waals surface area contributed by atoms with E-state index in [0.717, 1.165) is 29.9 Å². The number of aromatic nitrogens is 2. The van der Waals surface area contributed by atoms with Crippen LogP contribution in [0.1, 0.15) is 31.4 Å². The largest absolute Gasteiger partial charge is 0.435 e. The molecular formula is C16H20FN3O. The first-order valence-corrected chi connectivity index (χ1v) is 7.17. The van der Waals surface area contributed by atoms with Gasteiger partial charge in [-0.3, -0.25) is 0 Å². The van der Waals surface area contributed by atoms with Crippen molar-refractivity contribution in [3.63, 3.8) is 0 Å². The summed E-state index contributed by atoms with van der Waals surface area (Å²) in [6.45, 7) is 6.79. The zero-order chi connectivity index (χ0) is 15.2. The van der Waals surface area contributed by atoms with E-state index in [-0.39, 0.29) is 5.75 Å². The molecule has 0 amide bonds. The zero-order valence-corrected chi connectivity index (χ0v) is 12.6. The molecule has 0 unspecified atom stereocenters. The van der Waals surface area contributed by atoms with Crippen LogP contribution in [0.15, 0.2) is 24.5 Å². The molecule has 5 heteroatoms. The second-order valence-corrected chi connectivity index (χ2v) is 4.82. The lowest BCUT2D eigenvalue weighted by Gasteiger charge is -2.13. The molecule has 0 atom stereocenters. The van der Waals surface area contributed by atoms with Crippen molar-refractivity contribution in [3.05, 3.63) is 41.5 Å². The summed E-state index contributed by atoms with van der Waals surface area (Å²) >= 11 is 0. The molecule has 0 spiro atoms. The highest BCUT2D eigenvalue weighted by Crippen LogP contribution is 2.29. The van der Waals surface area contributed by atoms with Crippen LogP contribution in [-0.2, 0) is 6.42 Å². The van der Waals surface area contributed by atoms with Crippen molar-refractivity contribution in [2.45, 2.75) is 33.6 Å². The Hall–Kier alpha value is -2.17. The van der Waals surface area contributed by atoms with Gasteiger partial charge in [-0.2, -0.15) is 0 Å². The summed E-state index contributed by atoms with van der Waals surface area (Å²) in [5.74, 6) is 0.933. The van der Waals surface area contributed by atoms with Gasteiger partial charge in [0.2, 0.25) is 5.88 Å². The van der Waals surface area contributed by atoms with Crippen molar-refractivity contribution < 1.29 is 9.13 Å². The van der Waals surface area contributed by atoms with Crippen molar-refractivity contribution in [1.29, 1.82) is 0 Å². The number of rotatable bonds is 6. The third-order valence-electron chi connectivity index (χ3n) is 3.10. The van der Waals surface area contributed by atoms with E-state index in [0.29, 0.717) is 12.3 Å². The van der Waals surface area contributed by atoms with Crippen molar-refractivity contribution in [2.75, 3.05) is 11.9 Å². The Bertz CT molecular complexity index is 616. The molecule has 0 bridgehead atoms. The molecule has 1 aromatic heterocycles. The molecule has 0 saturated carbocycles. The molecule has 0 radical (unpaired) electrons. The first kappa shape index (κ1) is 15.2. The number of aryl methyl sites for hydroxylation is 1. The lowest BCUT2D eigenvalue weighted by atomic mass is 10.2. The summed E-state index contributed by atoms with van der Waals surface area (Å²) in [6, 6.07) is 4.76. The number of anilines is 1. The Morgan fingerprint density at radius 2 is 2.05 bits per heavy atom. The highest BCUT2D eigenvalue weighted by molar-refractivity contribution is 5.50. The minimum absolute atomic E-state index is 0.185. The van der Waals surface area contributed by atoms with Gasteiger partial charge in [-0.1, -0.05) is 19.9 Å². The number of nitrogens with zero attached hydrogens (tertiary/aromatic N) is 2. The average molecular weight is 289 g/mol. The SMILES string of the molecule is CCCNc1ncnc(Oc2cc(C)ccc2F)c1CC. The van der Waals surface area contributed by atoms with Gasteiger partial charge in [-0.25, -0.2) is 14.4 Å². The first-order chi connectivity index (χ1) is 10.2. The quantitative estimate of drug-likeness (QED) is 0.869. The Kier molecular flexibility index (Phi) is 5.09. The van der Waals surface area contributed by atoms with Crippen molar-refractivity contribution in [2.24, 2.45) is 0 Å². The molecule has 2 rings (SSSR count). The van der Waals surface area contributed by atoms with E-state index in [1.165, 1.54) is 12.4 Å². The Balaban J connectivity index is 2.33. The van der Waals surface area contributed by atoms with Crippen LogP contribution >= 0.6 is 0 Å². The Labute approximate surface area is 124 Å². The Morgan fingerprint density at radius 1 is 1.24 bits per heavy atom. The lowest BCUT2D eigenvalue weighted by Crippen LogP contribution is -2.07. The van der Waals surface area contributed by atoms with Crippen LogP contribution < -0.4 is 10.1 Å². The molecule has 1 N–H and O–H groups in total. The third kappa shape index (κ3) is 3.68. The van der Waals surface area contributed by atoms with Gasteiger partial charge in [0, 0.05) is 6.54 Å². The second-order valence-electron chi connectivity index (χ2n) is 4.82. The lowest BCUT2D eigenvalue weighted by molar-refractivity contribution is 0.421. The topological polar surface area (TPSA) is 47.0 Å². The average Bonchev–Trinajstić information content (AvgIpc) is 2.49. The first-order valence-electron chi connectivity index (χ1n) is 7.17. The van der Waals surface area contributed by atoms with Crippen LogP contribution in [-0.4, -0.2) is 16.5 Å². The molecule has 2 aromatic rings. The van der Waals surface area contributed by atoms with Crippen LogP contribution in [0.3, 0.4) is 0 Å². The number of nitrogens with one attached hydrogen (secondary N) is 1. The monoisotopic (exact) mass is 289 g/mol. The van der Waals surface area contributed by atoms with E-state index < -0.39 is 5.82 Å². The normalized spacial score (nSPS) is 10.5. The van der Waals surface area contributed by atoms with E-state index in [2.05, 4.69) is 22.2 Å². The summed E-state index contributed by atoms with van der Waals surface area (Å²) in [5, 5.41) is 3.24. The fourth-order valence-corrected chi connectivity index (χ4v) is 1.99.